The van der Waals surface area contributed by atoms with Gasteiger partial charge in [0.05, 0.1) is 0 Å². The van der Waals surface area contributed by atoms with Gasteiger partial charge in [0.2, 0.25) is 0 Å². The van der Waals surface area contributed by atoms with Crippen molar-refractivity contribution in [3.63, 3.8) is 0 Å². The minimum absolute atomic E-state index is 0.149. The molecule has 1 aromatic rings. The summed E-state index contributed by atoms with van der Waals surface area (Å²) in [5, 5.41) is 6.02. The minimum Gasteiger partial charge on any atom is -0.373 e. The van der Waals surface area contributed by atoms with Crippen molar-refractivity contribution in [3.8, 4) is 0 Å². The number of nitrogens with zero attached hydrogens (tertiary/aromatic N) is 2. The van der Waals surface area contributed by atoms with E-state index < -0.39 is 0 Å². The maximum Gasteiger partial charge on any atom is 0.251 e. The molecule has 0 saturated heterocycles. The summed E-state index contributed by atoms with van der Waals surface area (Å²) in [5.74, 6) is 0.429. The third kappa shape index (κ3) is 4.16. The Hall–Kier alpha value is -1.33. The molecule has 0 fully saturated rings. The van der Waals surface area contributed by atoms with Crippen molar-refractivity contribution in [3.05, 3.63) is 22.8 Å². The lowest BCUT2D eigenvalue weighted by molar-refractivity contribution is 0.0943. The fourth-order valence-electron chi connectivity index (χ4n) is 1.28. The molecule has 0 bridgehead atoms. The van der Waals surface area contributed by atoms with Crippen LogP contribution < -0.4 is 10.6 Å². The van der Waals surface area contributed by atoms with Crippen LogP contribution in [0.15, 0.2) is 12.1 Å². The number of anilines is 1. The molecule has 0 aliphatic heterocycles. The molecular formula is C12H19ClN4O. The SMILES string of the molecule is CNc1cc(C(=O)NCC(C)N(C)C)cc(Cl)n1. The van der Waals surface area contributed by atoms with Gasteiger partial charge in [-0.25, -0.2) is 4.98 Å². The number of nitrogens with one attached hydrogen (secondary N) is 2. The molecule has 1 atom stereocenters. The third-order valence-electron chi connectivity index (χ3n) is 2.75. The monoisotopic (exact) mass is 270 g/mol. The van der Waals surface area contributed by atoms with Crippen molar-refractivity contribution in [1.82, 2.24) is 15.2 Å². The summed E-state index contributed by atoms with van der Waals surface area (Å²) in [4.78, 5) is 18.0. The number of hydrogen-bond donors (Lipinski definition) is 2. The smallest absolute Gasteiger partial charge is 0.251 e. The molecule has 1 unspecified atom stereocenters. The minimum atomic E-state index is -0.149. The Morgan fingerprint density at radius 3 is 2.72 bits per heavy atom. The van der Waals surface area contributed by atoms with Gasteiger partial charge in [0.15, 0.2) is 0 Å². The van der Waals surface area contributed by atoms with E-state index in [1.54, 1.807) is 19.2 Å². The van der Waals surface area contributed by atoms with Gasteiger partial charge in [-0.2, -0.15) is 0 Å². The van der Waals surface area contributed by atoms with Crippen LogP contribution in [0.4, 0.5) is 5.82 Å². The molecule has 1 heterocycles. The molecule has 5 nitrogen and oxygen atoms in total. The lowest BCUT2D eigenvalue weighted by Gasteiger charge is -2.20. The number of pyridine rings is 1. The molecule has 0 saturated carbocycles. The number of carbonyl (C=O) groups excluding carboxylic acids is 1. The van der Waals surface area contributed by atoms with Gasteiger partial charge in [0, 0.05) is 25.2 Å². The Morgan fingerprint density at radius 1 is 1.50 bits per heavy atom. The first-order valence-corrected chi connectivity index (χ1v) is 6.11. The van der Waals surface area contributed by atoms with Gasteiger partial charge in [-0.1, -0.05) is 11.6 Å². The fourth-order valence-corrected chi connectivity index (χ4v) is 1.49. The summed E-state index contributed by atoms with van der Waals surface area (Å²) in [6, 6.07) is 3.49. The molecule has 1 amide bonds. The average molecular weight is 271 g/mol. The van der Waals surface area contributed by atoms with Crippen LogP contribution >= 0.6 is 11.6 Å². The molecule has 0 aromatic carbocycles. The Labute approximate surface area is 113 Å². The maximum absolute atomic E-state index is 11.9. The van der Waals surface area contributed by atoms with E-state index in [1.807, 2.05) is 25.9 Å². The van der Waals surface area contributed by atoms with Gasteiger partial charge in [-0.3, -0.25) is 4.79 Å². The van der Waals surface area contributed by atoms with Crippen LogP contribution in [0.3, 0.4) is 0 Å². The van der Waals surface area contributed by atoms with Crippen LogP contribution in [0, 0.1) is 0 Å². The zero-order valence-electron chi connectivity index (χ0n) is 11.1. The van der Waals surface area contributed by atoms with E-state index in [-0.39, 0.29) is 11.9 Å². The summed E-state index contributed by atoms with van der Waals surface area (Å²) in [6.45, 7) is 2.62. The molecule has 100 valence electrons. The second-order valence-electron chi connectivity index (χ2n) is 4.34. The zero-order chi connectivity index (χ0) is 13.7. The highest BCUT2D eigenvalue weighted by molar-refractivity contribution is 6.29. The maximum atomic E-state index is 11.9. The van der Waals surface area contributed by atoms with Crippen LogP contribution in [0.5, 0.6) is 0 Å². The fraction of sp³-hybridized carbons (Fsp3) is 0.500. The van der Waals surface area contributed by atoms with Crippen LogP contribution in [-0.4, -0.2) is 49.5 Å². The summed E-state index contributed by atoms with van der Waals surface area (Å²) in [6.07, 6.45) is 0. The summed E-state index contributed by atoms with van der Waals surface area (Å²) in [7, 11) is 5.67. The molecule has 0 aliphatic carbocycles. The summed E-state index contributed by atoms with van der Waals surface area (Å²) in [5.41, 5.74) is 0.505. The van der Waals surface area contributed by atoms with Crippen LogP contribution in [0.25, 0.3) is 0 Å². The van der Waals surface area contributed by atoms with Gasteiger partial charge in [-0.15, -0.1) is 0 Å². The van der Waals surface area contributed by atoms with E-state index in [0.29, 0.717) is 23.1 Å². The Kier molecular flexibility index (Phi) is 5.37. The number of rotatable bonds is 5. The molecule has 0 spiro atoms. The Balaban J connectivity index is 2.69. The topological polar surface area (TPSA) is 57.3 Å². The van der Waals surface area contributed by atoms with Gasteiger partial charge < -0.3 is 15.5 Å². The zero-order valence-corrected chi connectivity index (χ0v) is 11.9. The number of halogens is 1. The average Bonchev–Trinajstić information content (AvgIpc) is 2.34. The highest BCUT2D eigenvalue weighted by Crippen LogP contribution is 2.14. The normalized spacial score (nSPS) is 12.3. The van der Waals surface area contributed by atoms with Gasteiger partial charge in [-0.05, 0) is 33.2 Å². The second-order valence-corrected chi connectivity index (χ2v) is 4.72. The third-order valence-corrected chi connectivity index (χ3v) is 2.95. The Bertz CT molecular complexity index is 423. The second kappa shape index (κ2) is 6.56. The van der Waals surface area contributed by atoms with E-state index in [1.165, 1.54) is 0 Å². The van der Waals surface area contributed by atoms with Crippen molar-refractivity contribution < 1.29 is 4.79 Å². The predicted octanol–water partition coefficient (Wildman–Crippen LogP) is 1.46. The van der Waals surface area contributed by atoms with E-state index in [9.17, 15) is 4.79 Å². The first-order chi connectivity index (χ1) is 8.43. The molecule has 0 aliphatic rings. The van der Waals surface area contributed by atoms with Crippen LogP contribution in [0.2, 0.25) is 5.15 Å². The molecule has 2 N–H and O–H groups in total. The lowest BCUT2D eigenvalue weighted by atomic mass is 10.2. The highest BCUT2D eigenvalue weighted by Gasteiger charge is 2.11. The quantitative estimate of drug-likeness (QED) is 0.796. The van der Waals surface area contributed by atoms with Crippen molar-refractivity contribution in [2.45, 2.75) is 13.0 Å². The molecule has 1 aromatic heterocycles. The van der Waals surface area contributed by atoms with Crippen molar-refractivity contribution >= 4 is 23.3 Å². The van der Waals surface area contributed by atoms with E-state index in [0.717, 1.165) is 0 Å². The summed E-state index contributed by atoms with van der Waals surface area (Å²) >= 11 is 5.85. The standard InChI is InChI=1S/C12H19ClN4O/c1-8(17(3)4)7-15-12(18)9-5-10(13)16-11(6-9)14-2/h5-6,8H,7H2,1-4H3,(H,14,16)(H,15,18). The van der Waals surface area contributed by atoms with E-state index in [4.69, 9.17) is 11.6 Å². The number of carbonyl (C=O) groups is 1. The van der Waals surface area contributed by atoms with Crippen molar-refractivity contribution in [1.29, 1.82) is 0 Å². The van der Waals surface area contributed by atoms with Gasteiger partial charge >= 0.3 is 0 Å². The van der Waals surface area contributed by atoms with Gasteiger partial charge in [0.1, 0.15) is 11.0 Å². The van der Waals surface area contributed by atoms with Crippen LogP contribution in [-0.2, 0) is 0 Å². The van der Waals surface area contributed by atoms with E-state index in [2.05, 4.69) is 15.6 Å². The molecule has 6 heteroatoms. The number of hydrogen-bond acceptors (Lipinski definition) is 4. The van der Waals surface area contributed by atoms with Crippen LogP contribution in [0.1, 0.15) is 17.3 Å². The molecule has 0 radical (unpaired) electrons. The predicted molar refractivity (Wildman–Crippen MR) is 74.3 cm³/mol. The number of likely N-dealkylation sites (N-methyl/N-ethyl adjacent to an activating group) is 1. The summed E-state index contributed by atoms with van der Waals surface area (Å²) < 4.78 is 0. The number of amides is 1. The molecule has 1 rings (SSSR count). The van der Waals surface area contributed by atoms with Crippen molar-refractivity contribution in [2.24, 2.45) is 0 Å². The molecular weight excluding hydrogens is 252 g/mol. The van der Waals surface area contributed by atoms with Gasteiger partial charge in [0.25, 0.3) is 5.91 Å². The first-order valence-electron chi connectivity index (χ1n) is 5.74. The molecule has 18 heavy (non-hydrogen) atoms. The highest BCUT2D eigenvalue weighted by atomic mass is 35.5. The van der Waals surface area contributed by atoms with E-state index >= 15 is 0 Å². The lowest BCUT2D eigenvalue weighted by Crippen LogP contribution is -2.38. The first kappa shape index (κ1) is 14.7. The largest absolute Gasteiger partial charge is 0.373 e. The van der Waals surface area contributed by atoms with Crippen molar-refractivity contribution in [2.75, 3.05) is 33.0 Å². The number of aromatic nitrogens is 1. The Morgan fingerprint density at radius 2 is 2.17 bits per heavy atom.